The first kappa shape index (κ1) is 16.3. The maximum Gasteiger partial charge on any atom is 0.416 e. The molecule has 0 aliphatic carbocycles. The molecule has 0 heterocycles. The first-order chi connectivity index (χ1) is 9.11. The Kier molecular flexibility index (Phi) is 4.99. The Balaban J connectivity index is 2.64. The first-order valence-corrected chi connectivity index (χ1v) is 5.95. The van der Waals surface area contributed by atoms with Crippen LogP contribution in [0.3, 0.4) is 0 Å². The monoisotopic (exact) mass is 290 g/mol. The summed E-state index contributed by atoms with van der Waals surface area (Å²) in [6.07, 6.45) is -7.30. The van der Waals surface area contributed by atoms with Gasteiger partial charge in [0.15, 0.2) is 6.10 Å². The SMILES string of the molecule is Cc1ccc(NC(=O)N(C)CC(O)C(F)(F)F)cc1C. The fraction of sp³-hybridized carbons (Fsp3) is 0.462. The number of rotatable bonds is 3. The molecule has 4 nitrogen and oxygen atoms in total. The van der Waals surface area contributed by atoms with Gasteiger partial charge in [-0.3, -0.25) is 0 Å². The zero-order valence-corrected chi connectivity index (χ0v) is 11.5. The third kappa shape index (κ3) is 4.41. The second-order valence-corrected chi connectivity index (χ2v) is 4.67. The largest absolute Gasteiger partial charge is 0.416 e. The number of likely N-dealkylation sites (N-methyl/N-ethyl adjacent to an activating group) is 1. The van der Waals surface area contributed by atoms with Crippen molar-refractivity contribution in [3.05, 3.63) is 29.3 Å². The summed E-state index contributed by atoms with van der Waals surface area (Å²) in [5, 5.41) is 11.4. The molecule has 0 aromatic heterocycles. The second-order valence-electron chi connectivity index (χ2n) is 4.67. The fourth-order valence-electron chi connectivity index (χ4n) is 1.48. The highest BCUT2D eigenvalue weighted by Gasteiger charge is 2.39. The summed E-state index contributed by atoms with van der Waals surface area (Å²) in [7, 11) is 1.19. The van der Waals surface area contributed by atoms with Crippen molar-refractivity contribution in [1.29, 1.82) is 0 Å². The summed E-state index contributed by atoms with van der Waals surface area (Å²) < 4.78 is 36.6. The molecule has 112 valence electrons. The third-order valence-electron chi connectivity index (χ3n) is 2.93. The molecule has 0 bridgehead atoms. The van der Waals surface area contributed by atoms with Crippen molar-refractivity contribution in [2.75, 3.05) is 18.9 Å². The molecule has 2 N–H and O–H groups in total. The molecule has 0 fully saturated rings. The molecular formula is C13H17F3N2O2. The number of nitrogens with zero attached hydrogens (tertiary/aromatic N) is 1. The van der Waals surface area contributed by atoms with E-state index < -0.39 is 24.9 Å². The number of halogens is 3. The Bertz CT molecular complexity index is 489. The maximum absolute atomic E-state index is 12.2. The molecule has 0 saturated carbocycles. The predicted molar refractivity (Wildman–Crippen MR) is 69.6 cm³/mol. The second kappa shape index (κ2) is 6.13. The van der Waals surface area contributed by atoms with Crippen LogP contribution in [-0.4, -0.2) is 41.9 Å². The van der Waals surface area contributed by atoms with Crippen LogP contribution in [-0.2, 0) is 0 Å². The van der Waals surface area contributed by atoms with Crippen LogP contribution >= 0.6 is 0 Å². The van der Waals surface area contributed by atoms with Crippen LogP contribution in [0.4, 0.5) is 23.7 Å². The number of hydrogen-bond acceptors (Lipinski definition) is 2. The van der Waals surface area contributed by atoms with E-state index in [0.29, 0.717) is 5.69 Å². The minimum Gasteiger partial charge on any atom is -0.382 e. The maximum atomic E-state index is 12.2. The van der Waals surface area contributed by atoms with E-state index in [2.05, 4.69) is 5.32 Å². The Morgan fingerprint density at radius 1 is 1.35 bits per heavy atom. The van der Waals surface area contributed by atoms with Gasteiger partial charge in [0.1, 0.15) is 0 Å². The third-order valence-corrected chi connectivity index (χ3v) is 2.93. The van der Waals surface area contributed by atoms with Gasteiger partial charge in [-0.25, -0.2) is 4.79 Å². The van der Waals surface area contributed by atoms with Gasteiger partial charge in [0.2, 0.25) is 0 Å². The van der Waals surface area contributed by atoms with Crippen LogP contribution in [0.2, 0.25) is 0 Å². The number of amides is 2. The molecule has 0 radical (unpaired) electrons. The lowest BCUT2D eigenvalue weighted by atomic mass is 10.1. The number of urea groups is 1. The van der Waals surface area contributed by atoms with Gasteiger partial charge in [-0.1, -0.05) is 6.07 Å². The van der Waals surface area contributed by atoms with E-state index in [9.17, 15) is 18.0 Å². The van der Waals surface area contributed by atoms with E-state index in [0.717, 1.165) is 16.0 Å². The average molecular weight is 290 g/mol. The van der Waals surface area contributed by atoms with Crippen LogP contribution in [0.25, 0.3) is 0 Å². The fourth-order valence-corrected chi connectivity index (χ4v) is 1.48. The van der Waals surface area contributed by atoms with Crippen molar-refractivity contribution in [3.63, 3.8) is 0 Å². The van der Waals surface area contributed by atoms with Crippen molar-refractivity contribution < 1.29 is 23.1 Å². The number of alkyl halides is 3. The van der Waals surface area contributed by atoms with E-state index in [1.54, 1.807) is 18.2 Å². The van der Waals surface area contributed by atoms with Crippen LogP contribution in [0.1, 0.15) is 11.1 Å². The standard InChI is InChI=1S/C13H17F3N2O2/c1-8-4-5-10(6-9(8)2)17-12(20)18(3)7-11(19)13(14,15)16/h4-6,11,19H,7H2,1-3H3,(H,17,20). The van der Waals surface area contributed by atoms with Crippen molar-refractivity contribution in [3.8, 4) is 0 Å². The van der Waals surface area contributed by atoms with Gasteiger partial charge in [0.25, 0.3) is 0 Å². The molecule has 0 aliphatic rings. The zero-order valence-electron chi connectivity index (χ0n) is 11.5. The molecule has 7 heteroatoms. The number of benzene rings is 1. The Labute approximate surface area is 115 Å². The first-order valence-electron chi connectivity index (χ1n) is 5.95. The van der Waals surface area contributed by atoms with Crippen molar-refractivity contribution in [2.24, 2.45) is 0 Å². The number of nitrogens with one attached hydrogen (secondary N) is 1. The number of carbonyl (C=O) groups is 1. The van der Waals surface area contributed by atoms with Crippen LogP contribution in [0.15, 0.2) is 18.2 Å². The summed E-state index contributed by atoms with van der Waals surface area (Å²) in [5.41, 5.74) is 2.50. The lowest BCUT2D eigenvalue weighted by Gasteiger charge is -2.22. The number of aliphatic hydroxyl groups excluding tert-OH is 1. The highest BCUT2D eigenvalue weighted by Crippen LogP contribution is 2.21. The highest BCUT2D eigenvalue weighted by atomic mass is 19.4. The molecule has 1 unspecified atom stereocenters. The van der Waals surface area contributed by atoms with Crippen molar-refractivity contribution >= 4 is 11.7 Å². The van der Waals surface area contributed by atoms with Crippen LogP contribution in [0, 0.1) is 13.8 Å². The summed E-state index contributed by atoms with van der Waals surface area (Å²) in [4.78, 5) is 12.5. The number of aryl methyl sites for hydroxylation is 2. The smallest absolute Gasteiger partial charge is 0.382 e. The molecule has 0 aliphatic heterocycles. The number of hydrogen-bond donors (Lipinski definition) is 2. The minimum absolute atomic E-state index is 0.492. The van der Waals surface area contributed by atoms with Crippen molar-refractivity contribution in [2.45, 2.75) is 26.1 Å². The molecular weight excluding hydrogens is 273 g/mol. The van der Waals surface area contributed by atoms with E-state index >= 15 is 0 Å². The Morgan fingerprint density at radius 2 is 1.95 bits per heavy atom. The lowest BCUT2D eigenvalue weighted by molar-refractivity contribution is -0.205. The quantitative estimate of drug-likeness (QED) is 0.899. The van der Waals surface area contributed by atoms with Gasteiger partial charge < -0.3 is 15.3 Å². The van der Waals surface area contributed by atoms with E-state index in [-0.39, 0.29) is 0 Å². The normalized spacial score (nSPS) is 12.9. The molecule has 1 aromatic carbocycles. The van der Waals surface area contributed by atoms with Gasteiger partial charge in [-0.2, -0.15) is 13.2 Å². The van der Waals surface area contributed by atoms with E-state index in [1.165, 1.54) is 7.05 Å². The number of anilines is 1. The Morgan fingerprint density at radius 3 is 2.45 bits per heavy atom. The van der Waals surface area contributed by atoms with Gasteiger partial charge >= 0.3 is 12.2 Å². The van der Waals surface area contributed by atoms with Gasteiger partial charge in [-0.15, -0.1) is 0 Å². The lowest BCUT2D eigenvalue weighted by Crippen LogP contribution is -2.43. The predicted octanol–water partition coefficient (Wildman–Crippen LogP) is 2.69. The molecule has 1 aromatic rings. The van der Waals surface area contributed by atoms with Crippen molar-refractivity contribution in [1.82, 2.24) is 4.90 Å². The summed E-state index contributed by atoms with van der Waals surface area (Å²) in [6, 6.07) is 4.47. The van der Waals surface area contributed by atoms with Gasteiger partial charge in [-0.05, 0) is 37.1 Å². The van der Waals surface area contributed by atoms with Crippen LogP contribution in [0.5, 0.6) is 0 Å². The average Bonchev–Trinajstić information content (AvgIpc) is 2.32. The van der Waals surface area contributed by atoms with Gasteiger partial charge in [0.05, 0.1) is 6.54 Å². The molecule has 2 amide bonds. The summed E-state index contributed by atoms with van der Waals surface area (Å²) >= 11 is 0. The van der Waals surface area contributed by atoms with E-state index in [1.807, 2.05) is 13.8 Å². The molecule has 1 atom stereocenters. The van der Waals surface area contributed by atoms with Crippen LogP contribution < -0.4 is 5.32 Å². The topological polar surface area (TPSA) is 52.6 Å². The Hall–Kier alpha value is -1.76. The molecule has 0 saturated heterocycles. The number of carbonyl (C=O) groups excluding carboxylic acids is 1. The molecule has 20 heavy (non-hydrogen) atoms. The zero-order chi connectivity index (χ0) is 15.5. The molecule has 1 rings (SSSR count). The molecule has 0 spiro atoms. The summed E-state index contributed by atoms with van der Waals surface area (Å²) in [5.74, 6) is 0. The van der Waals surface area contributed by atoms with Gasteiger partial charge in [0, 0.05) is 12.7 Å². The van der Waals surface area contributed by atoms with E-state index in [4.69, 9.17) is 5.11 Å². The highest BCUT2D eigenvalue weighted by molar-refractivity contribution is 5.89. The summed E-state index contributed by atoms with van der Waals surface area (Å²) in [6.45, 7) is 2.95. The minimum atomic E-state index is -4.74. The number of aliphatic hydroxyl groups is 1.